The van der Waals surface area contributed by atoms with E-state index >= 15 is 0 Å². The van der Waals surface area contributed by atoms with Gasteiger partial charge in [0.05, 0.1) is 48.2 Å². The molecule has 1 fully saturated rings. The van der Waals surface area contributed by atoms with Gasteiger partial charge in [-0.05, 0) is 33.2 Å². The minimum Gasteiger partial charge on any atom is -0.467 e. The maximum absolute atomic E-state index is 5.28. The van der Waals surface area contributed by atoms with Gasteiger partial charge in [-0.15, -0.1) is 0 Å². The average Bonchev–Trinajstić information content (AvgIpc) is 3.28. The molecule has 3 aromatic rings. The SMILES string of the molecule is COc1ncc(CN2CCCC2c2cncc(-c3c(C)noc3C)n2)cn1. The largest absolute Gasteiger partial charge is 0.467 e. The molecule has 0 spiro atoms. The Balaban J connectivity index is 1.57. The smallest absolute Gasteiger partial charge is 0.316 e. The van der Waals surface area contributed by atoms with Crippen molar-refractivity contribution in [1.29, 1.82) is 0 Å². The van der Waals surface area contributed by atoms with Crippen LogP contribution in [0.5, 0.6) is 6.01 Å². The molecule has 4 rings (SSSR count). The van der Waals surface area contributed by atoms with Gasteiger partial charge < -0.3 is 9.26 Å². The van der Waals surface area contributed by atoms with Gasteiger partial charge >= 0.3 is 6.01 Å². The maximum Gasteiger partial charge on any atom is 0.316 e. The van der Waals surface area contributed by atoms with E-state index in [-0.39, 0.29) is 6.04 Å². The molecule has 1 atom stereocenters. The lowest BCUT2D eigenvalue weighted by Crippen LogP contribution is -2.24. The zero-order chi connectivity index (χ0) is 18.8. The van der Waals surface area contributed by atoms with Crippen LogP contribution in [0, 0.1) is 13.8 Å². The van der Waals surface area contributed by atoms with Gasteiger partial charge in [0.25, 0.3) is 0 Å². The molecule has 1 aliphatic heterocycles. The molecule has 0 bridgehead atoms. The van der Waals surface area contributed by atoms with Crippen molar-refractivity contribution in [2.75, 3.05) is 13.7 Å². The summed E-state index contributed by atoms with van der Waals surface area (Å²) in [6.45, 7) is 5.60. The Hall–Kier alpha value is -2.87. The first-order chi connectivity index (χ1) is 13.2. The van der Waals surface area contributed by atoms with Crippen LogP contribution in [0.25, 0.3) is 11.3 Å². The van der Waals surface area contributed by atoms with Crippen molar-refractivity contribution in [1.82, 2.24) is 30.0 Å². The van der Waals surface area contributed by atoms with Gasteiger partial charge in [0, 0.05) is 24.5 Å². The topological polar surface area (TPSA) is 90.1 Å². The fourth-order valence-corrected chi connectivity index (χ4v) is 3.63. The summed E-state index contributed by atoms with van der Waals surface area (Å²) in [6, 6.07) is 0.606. The third kappa shape index (κ3) is 3.52. The first-order valence-corrected chi connectivity index (χ1v) is 9.00. The molecule has 0 radical (unpaired) electrons. The number of aryl methyl sites for hydroxylation is 2. The Morgan fingerprint density at radius 1 is 1.19 bits per heavy atom. The number of methoxy groups -OCH3 is 1. The minimum atomic E-state index is 0.222. The Kier molecular flexibility index (Phi) is 4.81. The fourth-order valence-electron chi connectivity index (χ4n) is 3.63. The molecule has 4 heterocycles. The van der Waals surface area contributed by atoms with E-state index in [9.17, 15) is 0 Å². The van der Waals surface area contributed by atoms with Crippen LogP contribution in [0.2, 0.25) is 0 Å². The predicted molar refractivity (Wildman–Crippen MR) is 98.0 cm³/mol. The molecule has 0 amide bonds. The van der Waals surface area contributed by atoms with Gasteiger partial charge in [0.15, 0.2) is 0 Å². The molecular weight excluding hydrogens is 344 g/mol. The van der Waals surface area contributed by atoms with Crippen molar-refractivity contribution in [3.63, 3.8) is 0 Å². The fraction of sp³-hybridized carbons (Fsp3) is 0.421. The molecule has 27 heavy (non-hydrogen) atoms. The van der Waals surface area contributed by atoms with E-state index in [1.165, 1.54) is 0 Å². The first-order valence-electron chi connectivity index (χ1n) is 9.00. The number of hydrogen-bond acceptors (Lipinski definition) is 8. The summed E-state index contributed by atoms with van der Waals surface area (Å²) in [4.78, 5) is 20.1. The Morgan fingerprint density at radius 2 is 2.00 bits per heavy atom. The van der Waals surface area contributed by atoms with Crippen LogP contribution in [0.1, 0.15) is 41.6 Å². The summed E-state index contributed by atoms with van der Waals surface area (Å²) in [5.74, 6) is 0.762. The van der Waals surface area contributed by atoms with Gasteiger partial charge in [-0.1, -0.05) is 5.16 Å². The van der Waals surface area contributed by atoms with Crippen molar-refractivity contribution in [2.24, 2.45) is 0 Å². The molecule has 1 saturated heterocycles. The lowest BCUT2D eigenvalue weighted by Gasteiger charge is -2.24. The number of likely N-dealkylation sites (tertiary alicyclic amines) is 1. The number of hydrogen-bond donors (Lipinski definition) is 0. The molecule has 8 nitrogen and oxygen atoms in total. The third-order valence-corrected chi connectivity index (χ3v) is 4.90. The normalized spacial score (nSPS) is 17.4. The predicted octanol–water partition coefficient (Wildman–Crippen LogP) is 2.88. The molecule has 0 N–H and O–H groups in total. The van der Waals surface area contributed by atoms with Gasteiger partial charge in [0.2, 0.25) is 0 Å². The van der Waals surface area contributed by atoms with Crippen LogP contribution >= 0.6 is 0 Å². The highest BCUT2D eigenvalue weighted by atomic mass is 16.5. The van der Waals surface area contributed by atoms with E-state index in [1.807, 2.05) is 32.4 Å². The third-order valence-electron chi connectivity index (χ3n) is 4.90. The van der Waals surface area contributed by atoms with Crippen molar-refractivity contribution in [3.8, 4) is 17.3 Å². The number of ether oxygens (including phenoxy) is 1. The highest BCUT2D eigenvalue weighted by Gasteiger charge is 2.28. The van der Waals surface area contributed by atoms with Crippen LogP contribution in [0.4, 0.5) is 0 Å². The van der Waals surface area contributed by atoms with Gasteiger partial charge in [-0.2, -0.15) is 0 Å². The highest BCUT2D eigenvalue weighted by molar-refractivity contribution is 5.62. The minimum absolute atomic E-state index is 0.222. The van der Waals surface area contributed by atoms with E-state index < -0.39 is 0 Å². The van der Waals surface area contributed by atoms with E-state index in [0.29, 0.717) is 6.01 Å². The zero-order valence-electron chi connectivity index (χ0n) is 15.7. The second-order valence-corrected chi connectivity index (χ2v) is 6.73. The van der Waals surface area contributed by atoms with E-state index in [2.05, 4.69) is 25.0 Å². The molecule has 1 aliphatic rings. The monoisotopic (exact) mass is 366 g/mol. The Morgan fingerprint density at radius 3 is 2.70 bits per heavy atom. The number of rotatable bonds is 5. The molecule has 0 saturated carbocycles. The van der Waals surface area contributed by atoms with Crippen molar-refractivity contribution in [2.45, 2.75) is 39.3 Å². The maximum atomic E-state index is 5.28. The molecule has 0 aromatic carbocycles. The molecule has 1 unspecified atom stereocenters. The molecular formula is C19H22N6O2. The summed E-state index contributed by atoms with van der Waals surface area (Å²) in [6.07, 6.45) is 9.43. The van der Waals surface area contributed by atoms with Gasteiger partial charge in [-0.3, -0.25) is 9.88 Å². The van der Waals surface area contributed by atoms with Crippen LogP contribution in [-0.4, -0.2) is 43.6 Å². The molecule has 3 aromatic heterocycles. The van der Waals surface area contributed by atoms with Gasteiger partial charge in [-0.25, -0.2) is 15.0 Å². The highest BCUT2D eigenvalue weighted by Crippen LogP contribution is 2.33. The molecule has 0 aliphatic carbocycles. The standard InChI is InChI=1S/C19H22N6O2/c1-12-18(13(2)27-24-12)16-10-20-9-15(23-16)17-5-4-6-25(17)11-14-7-21-19(26-3)22-8-14/h7-10,17H,4-6,11H2,1-3H3. The Labute approximate surface area is 157 Å². The van der Waals surface area contributed by atoms with E-state index in [4.69, 9.17) is 14.2 Å². The molecule has 8 heteroatoms. The van der Waals surface area contributed by atoms with Crippen LogP contribution in [-0.2, 0) is 6.54 Å². The van der Waals surface area contributed by atoms with E-state index in [1.54, 1.807) is 13.3 Å². The summed E-state index contributed by atoms with van der Waals surface area (Å²) in [7, 11) is 1.57. The average molecular weight is 366 g/mol. The summed E-state index contributed by atoms with van der Waals surface area (Å²) < 4.78 is 10.3. The first kappa shape index (κ1) is 17.5. The van der Waals surface area contributed by atoms with Crippen molar-refractivity contribution < 1.29 is 9.26 Å². The van der Waals surface area contributed by atoms with Crippen molar-refractivity contribution >= 4 is 0 Å². The summed E-state index contributed by atoms with van der Waals surface area (Å²) >= 11 is 0. The summed E-state index contributed by atoms with van der Waals surface area (Å²) in [5.41, 5.74) is 4.59. The number of aromatic nitrogens is 5. The zero-order valence-corrected chi connectivity index (χ0v) is 15.7. The number of nitrogens with zero attached hydrogens (tertiary/aromatic N) is 6. The van der Waals surface area contributed by atoms with Crippen LogP contribution in [0.3, 0.4) is 0 Å². The van der Waals surface area contributed by atoms with Crippen LogP contribution < -0.4 is 4.74 Å². The second kappa shape index (κ2) is 7.40. The Bertz CT molecular complexity index is 905. The summed E-state index contributed by atoms with van der Waals surface area (Å²) in [5, 5.41) is 4.03. The van der Waals surface area contributed by atoms with Crippen LogP contribution in [0.15, 0.2) is 29.3 Å². The lowest BCUT2D eigenvalue weighted by atomic mass is 10.1. The van der Waals surface area contributed by atoms with Gasteiger partial charge in [0.1, 0.15) is 5.76 Å². The molecule has 140 valence electrons. The quantitative estimate of drug-likeness (QED) is 0.681. The van der Waals surface area contributed by atoms with Crippen molar-refractivity contribution in [3.05, 3.63) is 47.5 Å². The lowest BCUT2D eigenvalue weighted by molar-refractivity contribution is 0.243. The van der Waals surface area contributed by atoms with E-state index in [0.717, 1.165) is 59.9 Å². The second-order valence-electron chi connectivity index (χ2n) is 6.73.